The first-order valence-electron chi connectivity index (χ1n) is 20.0. The minimum Gasteiger partial charge on any atom is -0.507 e. The second kappa shape index (κ2) is 14.7. The first-order chi connectivity index (χ1) is 25.1. The molecule has 0 saturated carbocycles. The van der Waals surface area contributed by atoms with Crippen molar-refractivity contribution >= 4 is 0 Å². The summed E-state index contributed by atoms with van der Waals surface area (Å²) in [4.78, 5) is 0. The van der Waals surface area contributed by atoms with Crippen LogP contribution in [0.2, 0.25) is 0 Å². The van der Waals surface area contributed by atoms with E-state index < -0.39 is 11.0 Å². The van der Waals surface area contributed by atoms with Crippen molar-refractivity contribution in [2.45, 2.75) is 170 Å². The van der Waals surface area contributed by atoms with Gasteiger partial charge >= 0.3 is 0 Å². The Hall–Kier alpha value is -4.16. The molecular formula is C50H70O6. The monoisotopic (exact) mass is 767 g/mol. The molecule has 0 aliphatic carbocycles. The van der Waals surface area contributed by atoms with Gasteiger partial charge in [0.15, 0.2) is 11.5 Å². The van der Waals surface area contributed by atoms with E-state index in [1.807, 2.05) is 57.2 Å². The van der Waals surface area contributed by atoms with Crippen molar-refractivity contribution < 1.29 is 30.6 Å². The number of benzene rings is 4. The molecular weight excluding hydrogens is 697 g/mol. The number of hydrogen-bond acceptors (Lipinski definition) is 6. The summed E-state index contributed by atoms with van der Waals surface area (Å²) in [5, 5.41) is 69.4. The molecule has 0 atom stereocenters. The smallest absolute Gasteiger partial charge is 0.161 e. The normalized spacial score (nSPS) is 13.4. The largest absolute Gasteiger partial charge is 0.507 e. The van der Waals surface area contributed by atoms with Crippen LogP contribution in [0, 0.1) is 0 Å². The van der Waals surface area contributed by atoms with Gasteiger partial charge in [-0.15, -0.1) is 0 Å². The molecule has 56 heavy (non-hydrogen) atoms. The van der Waals surface area contributed by atoms with Crippen LogP contribution < -0.4 is 0 Å². The maximum atomic E-state index is 12.1. The maximum Gasteiger partial charge on any atom is 0.161 e. The lowest BCUT2D eigenvalue weighted by molar-refractivity contribution is 0.0754. The van der Waals surface area contributed by atoms with E-state index in [1.165, 1.54) is 0 Å². The van der Waals surface area contributed by atoms with E-state index in [9.17, 15) is 30.6 Å². The molecule has 306 valence electrons. The number of phenolic OH excluding ortho intramolecular Hbond substituents is 5. The summed E-state index contributed by atoms with van der Waals surface area (Å²) in [5.41, 5.74) is 5.75. The molecule has 4 rings (SSSR count). The molecule has 0 aliphatic rings. The van der Waals surface area contributed by atoms with E-state index in [4.69, 9.17) is 0 Å². The second-order valence-corrected chi connectivity index (χ2v) is 21.8. The van der Waals surface area contributed by atoms with E-state index in [0.29, 0.717) is 35.1 Å². The lowest BCUT2D eigenvalue weighted by atomic mass is 9.77. The van der Waals surface area contributed by atoms with E-state index >= 15 is 0 Å². The molecule has 0 amide bonds. The number of rotatable bonds is 7. The van der Waals surface area contributed by atoms with E-state index in [1.54, 1.807) is 19.9 Å². The lowest BCUT2D eigenvalue weighted by Gasteiger charge is -2.29. The summed E-state index contributed by atoms with van der Waals surface area (Å²) < 4.78 is 0. The van der Waals surface area contributed by atoms with Crippen LogP contribution >= 0.6 is 0 Å². The SMILES string of the molecule is CC(C)(C)c1cc(Cc2cc(Cc3cc(C(C)(C)C)c(O)c(C(C)(C)C)c3)c(Cc3cc(C(C)(C)C)c(O)c(C(C)(C)O)c3)c(O)c2O)cc(C(C)(C)C)c1O. The Balaban J connectivity index is 2.05. The molecule has 4 aromatic rings. The van der Waals surface area contributed by atoms with Crippen LogP contribution in [0.5, 0.6) is 28.7 Å². The molecule has 0 fully saturated rings. The molecule has 0 aliphatic heterocycles. The van der Waals surface area contributed by atoms with Crippen molar-refractivity contribution in [2.24, 2.45) is 0 Å². The number of aromatic hydroxyl groups is 5. The zero-order valence-corrected chi connectivity index (χ0v) is 37.3. The molecule has 0 aromatic heterocycles. The summed E-state index contributed by atoms with van der Waals surface area (Å²) in [6.07, 6.45) is 0.936. The van der Waals surface area contributed by atoms with Gasteiger partial charge in [0.2, 0.25) is 0 Å². The summed E-state index contributed by atoms with van der Waals surface area (Å²) in [5.74, 6) is 0.188. The van der Waals surface area contributed by atoms with Crippen LogP contribution in [-0.2, 0) is 51.9 Å². The molecule has 0 heterocycles. The Morgan fingerprint density at radius 3 is 0.893 bits per heavy atom. The summed E-state index contributed by atoms with van der Waals surface area (Å²) in [6, 6.07) is 13.8. The van der Waals surface area contributed by atoms with Crippen LogP contribution in [-0.4, -0.2) is 30.6 Å². The van der Waals surface area contributed by atoms with Crippen LogP contribution in [0.3, 0.4) is 0 Å². The first kappa shape index (κ1) is 44.6. The predicted molar refractivity (Wildman–Crippen MR) is 231 cm³/mol. The average Bonchev–Trinajstić information content (AvgIpc) is 3.00. The van der Waals surface area contributed by atoms with Gasteiger partial charge in [0.1, 0.15) is 17.2 Å². The Bertz CT molecular complexity index is 2010. The highest BCUT2D eigenvalue weighted by molar-refractivity contribution is 5.60. The van der Waals surface area contributed by atoms with Crippen molar-refractivity contribution in [1.82, 2.24) is 0 Å². The second-order valence-electron chi connectivity index (χ2n) is 21.8. The summed E-state index contributed by atoms with van der Waals surface area (Å²) >= 11 is 0. The molecule has 6 N–H and O–H groups in total. The third-order valence-electron chi connectivity index (χ3n) is 10.9. The first-order valence-corrected chi connectivity index (χ1v) is 20.0. The van der Waals surface area contributed by atoms with E-state index in [0.717, 1.165) is 44.5 Å². The van der Waals surface area contributed by atoms with Crippen molar-refractivity contribution in [2.75, 3.05) is 0 Å². The Morgan fingerprint density at radius 2 is 0.589 bits per heavy atom. The van der Waals surface area contributed by atoms with Gasteiger partial charge in [-0.25, -0.2) is 0 Å². The fourth-order valence-corrected chi connectivity index (χ4v) is 7.66. The number of hydrogen-bond donors (Lipinski definition) is 6. The van der Waals surface area contributed by atoms with Crippen LogP contribution in [0.25, 0.3) is 0 Å². The zero-order chi connectivity index (χ0) is 42.9. The minimum absolute atomic E-state index is 0.0445. The van der Waals surface area contributed by atoms with Crippen molar-refractivity contribution in [3.05, 3.63) is 109 Å². The highest BCUT2D eigenvalue weighted by Crippen LogP contribution is 2.46. The van der Waals surface area contributed by atoms with Crippen LogP contribution in [0.4, 0.5) is 0 Å². The van der Waals surface area contributed by atoms with E-state index in [-0.39, 0.29) is 56.8 Å². The Labute approximate surface area is 337 Å². The highest BCUT2D eigenvalue weighted by Gasteiger charge is 2.31. The van der Waals surface area contributed by atoms with Crippen molar-refractivity contribution in [1.29, 1.82) is 0 Å². The van der Waals surface area contributed by atoms with Gasteiger partial charge in [-0.2, -0.15) is 0 Å². The molecule has 0 spiro atoms. The molecule has 6 nitrogen and oxygen atoms in total. The third-order valence-corrected chi connectivity index (χ3v) is 10.9. The molecule has 0 saturated heterocycles. The Kier molecular flexibility index (Phi) is 11.7. The lowest BCUT2D eigenvalue weighted by Crippen LogP contribution is -2.20. The molecule has 0 bridgehead atoms. The fraction of sp³-hybridized carbons (Fsp3) is 0.520. The van der Waals surface area contributed by atoms with Crippen molar-refractivity contribution in [3.63, 3.8) is 0 Å². The van der Waals surface area contributed by atoms with Crippen molar-refractivity contribution in [3.8, 4) is 28.7 Å². The van der Waals surface area contributed by atoms with Gasteiger partial charge in [-0.1, -0.05) is 140 Å². The van der Waals surface area contributed by atoms with Gasteiger partial charge < -0.3 is 30.6 Å². The van der Waals surface area contributed by atoms with Gasteiger partial charge in [-0.3, -0.25) is 0 Å². The molecule has 0 radical (unpaired) electrons. The Morgan fingerprint density at radius 1 is 0.321 bits per heavy atom. The molecule has 6 heteroatoms. The molecule has 0 unspecified atom stereocenters. The topological polar surface area (TPSA) is 121 Å². The van der Waals surface area contributed by atoms with Crippen LogP contribution in [0.15, 0.2) is 42.5 Å². The van der Waals surface area contributed by atoms with Gasteiger partial charge in [0.25, 0.3) is 0 Å². The highest BCUT2D eigenvalue weighted by atomic mass is 16.3. The minimum atomic E-state index is -1.34. The van der Waals surface area contributed by atoms with Gasteiger partial charge in [-0.05, 0) is 103 Å². The standard InChI is InChI=1S/C50H70O6/c1-45(2,3)34-21-28(22-35(42(34)53)46(4,5)6)18-31-27-32(19-29-23-36(47(7,8)9)43(54)37(24-29)48(10,11)12)40(51)41(52)33(31)20-30-25-38(49(13,14)15)44(55)39(26-30)50(16,17)56/h21-27,51-56H,18-20H2,1-17H3. The summed E-state index contributed by atoms with van der Waals surface area (Å²) in [7, 11) is 0. The molecule has 4 aromatic carbocycles. The van der Waals surface area contributed by atoms with E-state index in [2.05, 4.69) is 83.1 Å². The maximum absolute atomic E-state index is 12.1. The number of aliphatic hydroxyl groups is 1. The fourth-order valence-electron chi connectivity index (χ4n) is 7.66. The van der Waals surface area contributed by atoms with Gasteiger partial charge in [0, 0.05) is 29.5 Å². The third kappa shape index (κ3) is 9.50. The predicted octanol–water partition coefficient (Wildman–Crippen LogP) is 11.7. The zero-order valence-electron chi connectivity index (χ0n) is 37.3. The quantitative estimate of drug-likeness (QED) is 0.104. The average molecular weight is 767 g/mol. The van der Waals surface area contributed by atoms with Gasteiger partial charge in [0.05, 0.1) is 5.60 Å². The number of phenols is 5. The summed E-state index contributed by atoms with van der Waals surface area (Å²) in [6.45, 7) is 34.2. The van der Waals surface area contributed by atoms with Crippen LogP contribution in [0.1, 0.15) is 184 Å².